The number of piperazine rings is 1. The van der Waals surface area contributed by atoms with Crippen molar-refractivity contribution in [3.8, 4) is 5.75 Å². The van der Waals surface area contributed by atoms with Crippen molar-refractivity contribution in [2.45, 2.75) is 71.9 Å². The number of pyridine rings is 1. The van der Waals surface area contributed by atoms with Gasteiger partial charge in [0.15, 0.2) is 0 Å². The zero-order chi connectivity index (χ0) is 34.3. The molecule has 3 heterocycles. The van der Waals surface area contributed by atoms with Crippen molar-refractivity contribution in [3.63, 3.8) is 0 Å². The van der Waals surface area contributed by atoms with Gasteiger partial charge in [-0.15, -0.1) is 0 Å². The molecule has 8 nitrogen and oxygen atoms in total. The lowest BCUT2D eigenvalue weighted by Crippen LogP contribution is -2.61. The van der Waals surface area contributed by atoms with E-state index in [4.69, 9.17) is 37.9 Å². The maximum Gasteiger partial charge on any atom is 0.326 e. The summed E-state index contributed by atoms with van der Waals surface area (Å²) in [6.07, 6.45) is 1.78. The highest BCUT2D eigenvalue weighted by Gasteiger charge is 2.60. The van der Waals surface area contributed by atoms with Gasteiger partial charge >= 0.3 is 6.03 Å². The Hall–Kier alpha value is -3.62. The van der Waals surface area contributed by atoms with E-state index in [1.165, 1.54) is 0 Å². The highest BCUT2D eigenvalue weighted by molar-refractivity contribution is 6.30. The van der Waals surface area contributed by atoms with Crippen molar-refractivity contribution >= 4 is 41.0 Å². The zero-order valence-corrected chi connectivity index (χ0v) is 30.1. The van der Waals surface area contributed by atoms with Crippen LogP contribution in [0.25, 0.3) is 0 Å². The number of carbonyl (C=O) groups is 2. The molecule has 5 rings (SSSR count). The molecule has 2 aliphatic heterocycles. The van der Waals surface area contributed by atoms with Gasteiger partial charge in [0, 0.05) is 65.5 Å². The molecule has 0 saturated carbocycles. The quantitative estimate of drug-likeness (QED) is 0.266. The van der Waals surface area contributed by atoms with E-state index < -0.39 is 11.1 Å². The summed E-state index contributed by atoms with van der Waals surface area (Å²) in [5.41, 5.74) is 1.01. The number of hydrogen-bond acceptors (Lipinski definition) is 5. The molecular weight excluding hydrogens is 633 g/mol. The van der Waals surface area contributed by atoms with Crippen LogP contribution in [-0.4, -0.2) is 70.2 Å². The predicted octanol–water partition coefficient (Wildman–Crippen LogP) is 7.90. The molecule has 1 fully saturated rings. The summed E-state index contributed by atoms with van der Waals surface area (Å²) < 4.78 is 6.25. The van der Waals surface area contributed by atoms with Gasteiger partial charge in [0.2, 0.25) is 5.91 Å². The third-order valence-electron chi connectivity index (χ3n) is 9.47. The van der Waals surface area contributed by atoms with E-state index in [-0.39, 0.29) is 23.3 Å². The first-order chi connectivity index (χ1) is 22.1. The molecule has 2 aromatic carbocycles. The Morgan fingerprint density at radius 2 is 1.43 bits per heavy atom. The van der Waals surface area contributed by atoms with Gasteiger partial charge in [-0.05, 0) is 56.2 Å². The minimum atomic E-state index is -1.03. The number of nitrogens with zero attached hydrogens (tertiary/aromatic N) is 5. The summed E-state index contributed by atoms with van der Waals surface area (Å²) in [6, 6.07) is 17.0. The molecule has 3 amide bonds. The van der Waals surface area contributed by atoms with Crippen LogP contribution in [0.5, 0.6) is 5.75 Å². The molecule has 0 bridgehead atoms. The highest BCUT2D eigenvalue weighted by Crippen LogP contribution is 2.54. The van der Waals surface area contributed by atoms with Crippen LogP contribution in [0.3, 0.4) is 0 Å². The van der Waals surface area contributed by atoms with Crippen molar-refractivity contribution in [2.75, 3.05) is 32.8 Å². The fraction of sp³-hybridized carbons (Fsp3) is 0.459. The van der Waals surface area contributed by atoms with Crippen molar-refractivity contribution in [3.05, 3.63) is 93.2 Å². The number of amides is 3. The Kier molecular flexibility index (Phi) is 9.69. The Morgan fingerprint density at radius 3 is 1.94 bits per heavy atom. The second kappa shape index (κ2) is 13.1. The Labute approximate surface area is 288 Å². The first-order valence-corrected chi connectivity index (χ1v) is 17.0. The number of benzene rings is 2. The second-order valence-corrected chi connectivity index (χ2v) is 14.8. The van der Waals surface area contributed by atoms with Crippen LogP contribution in [0.15, 0.2) is 65.8 Å². The molecule has 0 spiro atoms. The van der Waals surface area contributed by atoms with E-state index in [1.807, 2.05) is 85.2 Å². The Balaban J connectivity index is 1.73. The topological polar surface area (TPSA) is 78.3 Å². The van der Waals surface area contributed by atoms with Crippen molar-refractivity contribution in [1.29, 1.82) is 0 Å². The van der Waals surface area contributed by atoms with Crippen LogP contribution >= 0.6 is 23.2 Å². The lowest BCUT2D eigenvalue weighted by molar-refractivity contribution is -0.135. The molecule has 0 radical (unpaired) electrons. The van der Waals surface area contributed by atoms with E-state index in [1.54, 1.807) is 11.1 Å². The molecular formula is C37H45Cl2N5O3. The van der Waals surface area contributed by atoms with E-state index in [9.17, 15) is 4.79 Å². The van der Waals surface area contributed by atoms with Gasteiger partial charge in [-0.1, -0.05) is 82.1 Å². The summed E-state index contributed by atoms with van der Waals surface area (Å²) in [4.78, 5) is 43.7. The minimum absolute atomic E-state index is 0.0909. The van der Waals surface area contributed by atoms with E-state index in [2.05, 4.69) is 34.6 Å². The number of rotatable bonds is 6. The molecule has 250 valence electrons. The summed E-state index contributed by atoms with van der Waals surface area (Å²) in [5.74, 6) is 1.05. The van der Waals surface area contributed by atoms with Gasteiger partial charge < -0.3 is 14.5 Å². The van der Waals surface area contributed by atoms with Crippen LogP contribution < -0.4 is 4.74 Å². The zero-order valence-electron chi connectivity index (χ0n) is 28.6. The highest BCUT2D eigenvalue weighted by atomic mass is 35.5. The summed E-state index contributed by atoms with van der Waals surface area (Å²) >= 11 is 12.8. The van der Waals surface area contributed by atoms with E-state index in [0.29, 0.717) is 60.0 Å². The molecule has 0 aliphatic carbocycles. The molecule has 10 heteroatoms. The molecule has 0 N–H and O–H groups in total. The molecule has 2 unspecified atom stereocenters. The minimum Gasteiger partial charge on any atom is -0.493 e. The van der Waals surface area contributed by atoms with Crippen LogP contribution in [0.4, 0.5) is 4.79 Å². The first-order valence-electron chi connectivity index (χ1n) is 16.3. The average molecular weight is 679 g/mol. The monoisotopic (exact) mass is 677 g/mol. The Morgan fingerprint density at radius 1 is 0.894 bits per heavy atom. The normalized spacial score (nSPS) is 21.7. The van der Waals surface area contributed by atoms with Gasteiger partial charge in [0.1, 0.15) is 22.7 Å². The van der Waals surface area contributed by atoms with Crippen LogP contribution in [0.1, 0.15) is 77.8 Å². The van der Waals surface area contributed by atoms with Gasteiger partial charge in [-0.2, -0.15) is 0 Å². The summed E-state index contributed by atoms with van der Waals surface area (Å²) in [7, 11) is 0. The Bertz CT molecular complexity index is 1660. The van der Waals surface area contributed by atoms with Crippen LogP contribution in [0, 0.1) is 5.92 Å². The molecule has 3 aromatic rings. The molecule has 2 atom stereocenters. The molecule has 47 heavy (non-hydrogen) atoms. The summed E-state index contributed by atoms with van der Waals surface area (Å²) in [6.45, 7) is 18.3. The van der Waals surface area contributed by atoms with Gasteiger partial charge in [-0.3, -0.25) is 19.7 Å². The number of halogens is 2. The third-order valence-corrected chi connectivity index (χ3v) is 9.98. The number of urea groups is 1. The number of aromatic nitrogens is 1. The van der Waals surface area contributed by atoms with Crippen molar-refractivity contribution < 1.29 is 14.3 Å². The van der Waals surface area contributed by atoms with Crippen LogP contribution in [0.2, 0.25) is 10.0 Å². The maximum atomic E-state index is 15.1. The number of amidine groups is 1. The van der Waals surface area contributed by atoms with Gasteiger partial charge in [-0.25, -0.2) is 4.79 Å². The van der Waals surface area contributed by atoms with Crippen molar-refractivity contribution in [2.24, 2.45) is 10.9 Å². The smallest absolute Gasteiger partial charge is 0.326 e. The van der Waals surface area contributed by atoms with E-state index >= 15 is 4.79 Å². The standard InChI is InChI=1S/C37H45Cl2N5O3/c1-9-47-30-22-31(35(4,5)6)40-23-29(30)32-41-36(7,25-10-14-27(38)15-11-25)37(8,26-12-16-28(39)17-13-26)44(32)34(46)43-20-18-42(19-21-43)33(45)24(2)3/h10-17,22-24H,9,18-21H2,1-8H3. The number of ether oxygens (including phenoxy) is 1. The average Bonchev–Trinajstić information content (AvgIpc) is 3.28. The SMILES string of the molecule is CCOc1cc(C(C)(C)C)ncc1C1=NC(C)(c2ccc(Cl)cc2)C(C)(c2ccc(Cl)cc2)N1C(=O)N1CCN(C(=O)C(C)C)CC1. The third kappa shape index (κ3) is 6.34. The van der Waals surface area contributed by atoms with Gasteiger partial charge in [0.25, 0.3) is 0 Å². The number of aliphatic imine (C=N–C) groups is 1. The predicted molar refractivity (Wildman–Crippen MR) is 188 cm³/mol. The van der Waals surface area contributed by atoms with Crippen LogP contribution in [-0.2, 0) is 21.3 Å². The lowest BCUT2D eigenvalue weighted by atomic mass is 9.71. The lowest BCUT2D eigenvalue weighted by Gasteiger charge is -2.47. The molecule has 1 aromatic heterocycles. The fourth-order valence-corrected chi connectivity index (χ4v) is 6.73. The largest absolute Gasteiger partial charge is 0.493 e. The maximum absolute atomic E-state index is 15.1. The summed E-state index contributed by atoms with van der Waals surface area (Å²) in [5, 5.41) is 1.20. The number of hydrogen-bond donors (Lipinski definition) is 0. The van der Waals surface area contributed by atoms with E-state index in [0.717, 1.165) is 16.8 Å². The number of carbonyl (C=O) groups excluding carboxylic acids is 2. The van der Waals surface area contributed by atoms with Crippen molar-refractivity contribution in [1.82, 2.24) is 19.7 Å². The molecule has 1 saturated heterocycles. The fourth-order valence-electron chi connectivity index (χ4n) is 6.48. The molecule has 2 aliphatic rings. The van der Waals surface area contributed by atoms with Gasteiger partial charge in [0.05, 0.1) is 12.2 Å². The first kappa shape index (κ1) is 34.7. The second-order valence-electron chi connectivity index (χ2n) is 13.9.